The van der Waals surface area contributed by atoms with Crippen molar-refractivity contribution in [2.75, 3.05) is 18.0 Å². The van der Waals surface area contributed by atoms with Gasteiger partial charge in [0.1, 0.15) is 17.3 Å². The number of carbonyl (C=O) groups is 1. The number of nitrogens with zero attached hydrogens (tertiary/aromatic N) is 2. The number of anilines is 1. The van der Waals surface area contributed by atoms with Gasteiger partial charge >= 0.3 is 6.16 Å². The number of ether oxygens (including phenoxy) is 1. The number of fused-ring (bicyclic) bond motifs is 2. The molecule has 0 saturated carbocycles. The molecule has 2 aliphatic rings. The fourth-order valence-corrected chi connectivity index (χ4v) is 4.94. The van der Waals surface area contributed by atoms with Gasteiger partial charge in [-0.15, -0.1) is 0 Å². The maximum Gasteiger partial charge on any atom is 0.511 e. The third kappa shape index (κ3) is 3.78. The van der Waals surface area contributed by atoms with E-state index in [1.54, 1.807) is 18.2 Å². The molecule has 1 saturated heterocycles. The van der Waals surface area contributed by atoms with Crippen LogP contribution in [0.15, 0.2) is 60.1 Å². The molecule has 1 fully saturated rings. The molecule has 0 amide bonds. The van der Waals surface area contributed by atoms with Crippen molar-refractivity contribution >= 4 is 28.8 Å². The van der Waals surface area contributed by atoms with Crippen LogP contribution in [0.5, 0.6) is 5.75 Å². The van der Waals surface area contributed by atoms with Gasteiger partial charge in [-0.25, -0.2) is 22.4 Å². The Bertz CT molecular complexity index is 1610. The molecule has 2 aromatic carbocycles. The molecule has 2 heterocycles. The van der Waals surface area contributed by atoms with Crippen molar-refractivity contribution in [1.29, 1.82) is 0 Å². The van der Waals surface area contributed by atoms with E-state index in [0.29, 0.717) is 6.07 Å². The second-order valence-electron chi connectivity index (χ2n) is 8.82. The molecule has 2 unspecified atom stereocenters. The van der Waals surface area contributed by atoms with Gasteiger partial charge in [-0.2, -0.15) is 0 Å². The van der Waals surface area contributed by atoms with Gasteiger partial charge in [0, 0.05) is 30.6 Å². The lowest BCUT2D eigenvalue weighted by atomic mass is 9.85. The minimum absolute atomic E-state index is 0.0315. The molecule has 0 bridgehead atoms. The first-order valence-corrected chi connectivity index (χ1v) is 11.0. The Labute approximate surface area is 207 Å². The second-order valence-corrected chi connectivity index (χ2v) is 8.82. The Kier molecular flexibility index (Phi) is 5.67. The van der Waals surface area contributed by atoms with E-state index in [-0.39, 0.29) is 19.0 Å². The van der Waals surface area contributed by atoms with Gasteiger partial charge in [0.2, 0.25) is 5.43 Å². The Balaban J connectivity index is 1.87. The number of hydrogen-bond acceptors (Lipinski definition) is 5. The van der Waals surface area contributed by atoms with E-state index in [2.05, 4.69) is 11.3 Å². The lowest BCUT2D eigenvalue weighted by Crippen LogP contribution is -2.46. The van der Waals surface area contributed by atoms with E-state index in [0.717, 1.165) is 29.0 Å². The molecule has 1 aliphatic heterocycles. The highest BCUT2D eigenvalue weighted by Crippen LogP contribution is 2.41. The van der Waals surface area contributed by atoms with E-state index in [9.17, 15) is 18.4 Å². The van der Waals surface area contributed by atoms with Crippen molar-refractivity contribution < 1.29 is 32.2 Å². The number of aromatic nitrogens is 1. The van der Waals surface area contributed by atoms with Gasteiger partial charge in [0.25, 0.3) is 0 Å². The van der Waals surface area contributed by atoms with E-state index < -0.39 is 74.0 Å². The molecular formula is C26H19F4N3O4. The largest absolute Gasteiger partial charge is 0.511 e. The first-order valence-electron chi connectivity index (χ1n) is 11.0. The van der Waals surface area contributed by atoms with Gasteiger partial charge in [-0.3, -0.25) is 4.79 Å². The summed E-state index contributed by atoms with van der Waals surface area (Å²) < 4.78 is 66.0. The van der Waals surface area contributed by atoms with Crippen LogP contribution in [-0.2, 0) is 0 Å². The van der Waals surface area contributed by atoms with Gasteiger partial charge < -0.3 is 25.0 Å². The summed E-state index contributed by atoms with van der Waals surface area (Å²) in [5.41, 5.74) is 2.41. The van der Waals surface area contributed by atoms with Gasteiger partial charge in [-0.1, -0.05) is 37.0 Å². The summed E-state index contributed by atoms with van der Waals surface area (Å²) in [6, 6.07) is 2.37. The summed E-state index contributed by atoms with van der Waals surface area (Å²) in [6.45, 7) is 3.70. The molecule has 1 aliphatic carbocycles. The predicted octanol–water partition coefficient (Wildman–Crippen LogP) is 4.51. The lowest BCUT2D eigenvalue weighted by molar-refractivity contribution is 0.144. The topological polar surface area (TPSA) is 97.8 Å². The smallest absolute Gasteiger partial charge is 0.449 e. The molecule has 37 heavy (non-hydrogen) atoms. The molecule has 190 valence electrons. The number of allylic oxidation sites excluding steroid dienone is 2. The number of benzene rings is 2. The van der Waals surface area contributed by atoms with Gasteiger partial charge in [0.05, 0.1) is 28.3 Å². The molecule has 5 rings (SSSR count). The molecule has 7 nitrogen and oxygen atoms in total. The Morgan fingerprint density at radius 3 is 2.62 bits per heavy atom. The number of hydrogen-bond donors (Lipinski definition) is 2. The molecule has 2 atom stereocenters. The van der Waals surface area contributed by atoms with E-state index in [4.69, 9.17) is 10.8 Å². The monoisotopic (exact) mass is 513 g/mol. The van der Waals surface area contributed by atoms with Crippen LogP contribution >= 0.6 is 0 Å². The highest BCUT2D eigenvalue weighted by Gasteiger charge is 2.43. The fraction of sp³-hybridized carbons (Fsp3) is 0.154. The summed E-state index contributed by atoms with van der Waals surface area (Å²) >= 11 is 0. The molecule has 3 aromatic rings. The number of nitrogens with two attached hydrogens (primary N) is 1. The zero-order valence-electron chi connectivity index (χ0n) is 19.1. The summed E-state index contributed by atoms with van der Waals surface area (Å²) in [5.74, 6) is -5.55. The molecule has 1 aromatic heterocycles. The van der Waals surface area contributed by atoms with Gasteiger partial charge in [0.15, 0.2) is 17.4 Å². The zero-order valence-corrected chi connectivity index (χ0v) is 19.1. The molecule has 11 heteroatoms. The molecule has 0 radical (unpaired) electrons. The summed E-state index contributed by atoms with van der Waals surface area (Å²) in [7, 11) is 0. The number of rotatable bonds is 4. The highest BCUT2D eigenvalue weighted by molar-refractivity contribution is 5.94. The first-order chi connectivity index (χ1) is 17.6. The molecule has 0 spiro atoms. The van der Waals surface area contributed by atoms with Crippen molar-refractivity contribution in [3.8, 4) is 11.4 Å². The zero-order chi connectivity index (χ0) is 26.6. The Morgan fingerprint density at radius 1 is 1.22 bits per heavy atom. The average Bonchev–Trinajstić information content (AvgIpc) is 3.17. The quantitative estimate of drug-likeness (QED) is 0.394. The van der Waals surface area contributed by atoms with Crippen LogP contribution in [0, 0.1) is 29.2 Å². The lowest BCUT2D eigenvalue weighted by Gasteiger charge is -2.27. The number of halogens is 4. The van der Waals surface area contributed by atoms with Crippen LogP contribution in [0.4, 0.5) is 28.0 Å². The van der Waals surface area contributed by atoms with Crippen LogP contribution < -0.4 is 20.8 Å². The van der Waals surface area contributed by atoms with E-state index in [1.165, 1.54) is 4.90 Å². The van der Waals surface area contributed by atoms with Crippen LogP contribution in [0.1, 0.15) is 5.56 Å². The van der Waals surface area contributed by atoms with Crippen LogP contribution in [-0.4, -0.2) is 34.5 Å². The summed E-state index contributed by atoms with van der Waals surface area (Å²) in [6.07, 6.45) is 6.93. The first kappa shape index (κ1) is 24.3. The fourth-order valence-electron chi connectivity index (χ4n) is 4.94. The van der Waals surface area contributed by atoms with Crippen molar-refractivity contribution in [3.63, 3.8) is 0 Å². The van der Waals surface area contributed by atoms with Crippen LogP contribution in [0.2, 0.25) is 0 Å². The number of pyridine rings is 1. The minimum Gasteiger partial charge on any atom is -0.449 e. The predicted molar refractivity (Wildman–Crippen MR) is 129 cm³/mol. The summed E-state index contributed by atoms with van der Waals surface area (Å²) in [5, 5.41) is 8.44. The molecule has 3 N–H and O–H groups in total. The van der Waals surface area contributed by atoms with E-state index in [1.807, 2.05) is 6.08 Å². The normalized spacial score (nSPS) is 20.4. The minimum atomic E-state index is -1.88. The summed E-state index contributed by atoms with van der Waals surface area (Å²) in [4.78, 5) is 25.8. The Hall–Kier alpha value is -4.38. The Morgan fingerprint density at radius 2 is 1.97 bits per heavy atom. The second kappa shape index (κ2) is 8.63. The van der Waals surface area contributed by atoms with Crippen molar-refractivity contribution in [3.05, 3.63) is 94.3 Å². The van der Waals surface area contributed by atoms with Crippen molar-refractivity contribution in [2.45, 2.75) is 5.54 Å². The standard InChI is InChI=1S/C26H19F4N3O4/c1-2-15-19-22(21(30)23(20(15)29)32-10-13-5-3-4-8-26(13,31)12-32)33(11-18(24(19)34)37-25(35)36)17-7-6-14(27)9-16(17)28/h2-9,11,13H,1,10,12,31H2,(H,35,36). The van der Waals surface area contributed by atoms with Crippen LogP contribution in [0.3, 0.4) is 0 Å². The SMILES string of the molecule is C=Cc1c(F)c(N2CC3C=CC=CC3(N)C2)c(F)c2c1c(=O)c(OC(=O)O)cn2-c1ccc(F)cc1F. The third-order valence-electron chi connectivity index (χ3n) is 6.62. The van der Waals surface area contributed by atoms with Crippen LogP contribution in [0.25, 0.3) is 22.7 Å². The third-order valence-corrected chi connectivity index (χ3v) is 6.62. The average molecular weight is 513 g/mol. The molecular weight excluding hydrogens is 494 g/mol. The van der Waals surface area contributed by atoms with Gasteiger partial charge in [-0.05, 0) is 12.1 Å². The number of carboxylic acid groups (broad SMARTS) is 1. The highest BCUT2D eigenvalue weighted by atomic mass is 19.1. The van der Waals surface area contributed by atoms with E-state index >= 15 is 8.78 Å². The maximum atomic E-state index is 16.3. The maximum absolute atomic E-state index is 16.3. The van der Waals surface area contributed by atoms with Crippen molar-refractivity contribution in [2.24, 2.45) is 11.7 Å². The van der Waals surface area contributed by atoms with Crippen molar-refractivity contribution in [1.82, 2.24) is 4.57 Å².